The van der Waals surface area contributed by atoms with E-state index in [0.29, 0.717) is 23.9 Å². The van der Waals surface area contributed by atoms with Gasteiger partial charge in [-0.2, -0.15) is 13.2 Å². The first-order chi connectivity index (χ1) is 14.9. The number of carbonyl (C=O) groups excluding carboxylic acids is 1. The van der Waals surface area contributed by atoms with E-state index in [1.54, 1.807) is 7.11 Å². The third-order valence-corrected chi connectivity index (χ3v) is 7.49. The Morgan fingerprint density at radius 3 is 2.53 bits per heavy atom. The number of H-pyrrole nitrogens is 1. The average molecular weight is 452 g/mol. The van der Waals surface area contributed by atoms with Gasteiger partial charge in [0.15, 0.2) is 0 Å². The fourth-order valence-corrected chi connectivity index (χ4v) is 5.16. The number of alkyl halides is 3. The maximum Gasteiger partial charge on any atom is 0.471 e. The van der Waals surface area contributed by atoms with Crippen LogP contribution in [0.25, 0.3) is 11.0 Å². The SMILES string of the molecule is COCC(C)(C)c1ccc2[nH]c(C(NC(=O)C(F)(F)F)C(C3CCC3)C3(C)CC3)nc2c1. The summed E-state index contributed by atoms with van der Waals surface area (Å²) in [4.78, 5) is 19.9. The van der Waals surface area contributed by atoms with Gasteiger partial charge < -0.3 is 15.0 Å². The summed E-state index contributed by atoms with van der Waals surface area (Å²) in [7, 11) is 1.65. The van der Waals surface area contributed by atoms with Crippen molar-refractivity contribution in [2.75, 3.05) is 13.7 Å². The van der Waals surface area contributed by atoms with Crippen LogP contribution >= 0.6 is 0 Å². The first kappa shape index (κ1) is 23.1. The van der Waals surface area contributed by atoms with Gasteiger partial charge in [-0.15, -0.1) is 0 Å². The van der Waals surface area contributed by atoms with Gasteiger partial charge in [0.1, 0.15) is 5.82 Å². The van der Waals surface area contributed by atoms with Gasteiger partial charge in [-0.05, 0) is 47.8 Å². The van der Waals surface area contributed by atoms with Crippen LogP contribution in [0.3, 0.4) is 0 Å². The highest BCUT2D eigenvalue weighted by molar-refractivity contribution is 5.82. The maximum atomic E-state index is 13.2. The fourth-order valence-electron chi connectivity index (χ4n) is 5.16. The van der Waals surface area contributed by atoms with Crippen LogP contribution in [0.4, 0.5) is 13.2 Å². The molecule has 0 spiro atoms. The molecule has 2 N–H and O–H groups in total. The molecule has 32 heavy (non-hydrogen) atoms. The van der Waals surface area contributed by atoms with Crippen molar-refractivity contribution in [2.24, 2.45) is 17.3 Å². The normalized spacial score (nSPS) is 20.6. The van der Waals surface area contributed by atoms with Crippen molar-refractivity contribution >= 4 is 16.9 Å². The minimum Gasteiger partial charge on any atom is -0.384 e. The van der Waals surface area contributed by atoms with Crippen molar-refractivity contribution in [2.45, 2.75) is 70.5 Å². The van der Waals surface area contributed by atoms with E-state index in [1.807, 2.05) is 18.2 Å². The number of benzene rings is 1. The quantitative estimate of drug-likeness (QED) is 0.563. The molecular formula is C24H32F3N3O2. The Labute approximate surface area is 186 Å². The highest BCUT2D eigenvalue weighted by Gasteiger charge is 2.54. The Balaban J connectivity index is 1.74. The number of hydrogen-bond acceptors (Lipinski definition) is 3. The number of rotatable bonds is 8. The predicted octanol–water partition coefficient (Wildman–Crippen LogP) is 5.42. The Bertz CT molecular complexity index is 990. The Kier molecular flexibility index (Phi) is 5.80. The summed E-state index contributed by atoms with van der Waals surface area (Å²) in [6.07, 6.45) is 0.0260. The molecule has 1 amide bonds. The third kappa shape index (κ3) is 4.38. The van der Waals surface area contributed by atoms with Crippen molar-refractivity contribution in [1.82, 2.24) is 15.3 Å². The number of carbonyl (C=O) groups is 1. The van der Waals surface area contributed by atoms with Crippen LogP contribution in [-0.2, 0) is 14.9 Å². The van der Waals surface area contributed by atoms with Gasteiger partial charge in [0.2, 0.25) is 0 Å². The van der Waals surface area contributed by atoms with E-state index in [2.05, 4.69) is 31.1 Å². The summed E-state index contributed by atoms with van der Waals surface area (Å²) in [5, 5.41) is 2.32. The third-order valence-electron chi connectivity index (χ3n) is 7.49. The van der Waals surface area contributed by atoms with Crippen LogP contribution < -0.4 is 5.32 Å². The number of ether oxygens (including phenoxy) is 1. The molecule has 2 fully saturated rings. The topological polar surface area (TPSA) is 67.0 Å². The lowest BCUT2D eigenvalue weighted by Crippen LogP contribution is -2.46. The van der Waals surface area contributed by atoms with Gasteiger partial charge in [-0.3, -0.25) is 4.79 Å². The van der Waals surface area contributed by atoms with Crippen LogP contribution in [-0.4, -0.2) is 35.8 Å². The molecule has 0 radical (unpaired) electrons. The molecule has 5 nitrogen and oxygen atoms in total. The molecule has 1 heterocycles. The second-order valence-electron chi connectivity index (χ2n) is 10.5. The van der Waals surface area contributed by atoms with Crippen molar-refractivity contribution in [3.63, 3.8) is 0 Å². The molecule has 8 heteroatoms. The molecule has 1 aromatic heterocycles. The van der Waals surface area contributed by atoms with Crippen molar-refractivity contribution in [3.8, 4) is 0 Å². The van der Waals surface area contributed by atoms with E-state index in [-0.39, 0.29) is 16.7 Å². The zero-order chi connectivity index (χ0) is 23.3. The van der Waals surface area contributed by atoms with Crippen molar-refractivity contribution in [1.29, 1.82) is 0 Å². The van der Waals surface area contributed by atoms with E-state index in [4.69, 9.17) is 9.72 Å². The van der Waals surface area contributed by atoms with E-state index < -0.39 is 18.1 Å². The van der Waals surface area contributed by atoms with Gasteiger partial charge in [0.25, 0.3) is 0 Å². The molecule has 2 aliphatic carbocycles. The van der Waals surface area contributed by atoms with Crippen molar-refractivity contribution in [3.05, 3.63) is 29.6 Å². The van der Waals surface area contributed by atoms with E-state index in [0.717, 1.165) is 43.2 Å². The molecule has 2 saturated carbocycles. The lowest BCUT2D eigenvalue weighted by Gasteiger charge is -2.42. The first-order valence-electron chi connectivity index (χ1n) is 11.3. The number of nitrogens with zero attached hydrogens (tertiary/aromatic N) is 1. The number of aromatic nitrogens is 2. The highest BCUT2D eigenvalue weighted by Crippen LogP contribution is 2.60. The lowest BCUT2D eigenvalue weighted by molar-refractivity contribution is -0.175. The highest BCUT2D eigenvalue weighted by atomic mass is 19.4. The minimum absolute atomic E-state index is 0.0702. The molecular weight excluding hydrogens is 419 g/mol. The number of imidazole rings is 1. The number of aromatic amines is 1. The number of halogens is 3. The number of methoxy groups -OCH3 is 1. The second-order valence-corrected chi connectivity index (χ2v) is 10.5. The number of nitrogens with one attached hydrogen (secondary N) is 2. The zero-order valence-electron chi connectivity index (χ0n) is 19.1. The maximum absolute atomic E-state index is 13.2. The zero-order valence-corrected chi connectivity index (χ0v) is 19.1. The van der Waals surface area contributed by atoms with Gasteiger partial charge in [0, 0.05) is 12.5 Å². The summed E-state index contributed by atoms with van der Waals surface area (Å²) in [5.74, 6) is -1.28. The minimum atomic E-state index is -4.93. The van der Waals surface area contributed by atoms with Crippen LogP contribution in [0.5, 0.6) is 0 Å². The lowest BCUT2D eigenvalue weighted by atomic mass is 9.66. The molecule has 2 aromatic rings. The second kappa shape index (κ2) is 8.04. The summed E-state index contributed by atoms with van der Waals surface area (Å²) in [6.45, 7) is 6.79. The molecule has 2 unspecified atom stereocenters. The van der Waals surface area contributed by atoms with E-state index in [9.17, 15) is 18.0 Å². The molecule has 176 valence electrons. The molecule has 1 aromatic carbocycles. The summed E-state index contributed by atoms with van der Waals surface area (Å²) >= 11 is 0. The van der Waals surface area contributed by atoms with E-state index >= 15 is 0 Å². The molecule has 0 bridgehead atoms. The fraction of sp³-hybridized carbons (Fsp3) is 0.667. The first-order valence-corrected chi connectivity index (χ1v) is 11.3. The smallest absolute Gasteiger partial charge is 0.384 e. The monoisotopic (exact) mass is 451 g/mol. The molecule has 0 aliphatic heterocycles. The summed E-state index contributed by atoms with van der Waals surface area (Å²) in [5.41, 5.74) is 2.16. The molecule has 2 aliphatic rings. The Hall–Kier alpha value is -2.09. The standard InChI is InChI=1S/C24H32F3N3O2/c1-22(2,13-32-4)15-8-9-16-17(12-15)29-20(28-16)19(30-21(31)24(25,26)27)18(14-6-5-7-14)23(3)10-11-23/h8-9,12,14,18-19H,5-7,10-11,13H2,1-4H3,(H,28,29)(H,30,31). The number of hydrogen-bond donors (Lipinski definition) is 2. The Morgan fingerprint density at radius 1 is 1.31 bits per heavy atom. The largest absolute Gasteiger partial charge is 0.471 e. The summed E-state index contributed by atoms with van der Waals surface area (Å²) < 4.78 is 44.9. The number of fused-ring (bicyclic) bond motifs is 1. The Morgan fingerprint density at radius 2 is 2.00 bits per heavy atom. The molecule has 4 rings (SSSR count). The van der Waals surface area contributed by atoms with Crippen LogP contribution in [0.2, 0.25) is 0 Å². The molecule has 2 atom stereocenters. The van der Waals surface area contributed by atoms with Gasteiger partial charge in [-0.25, -0.2) is 4.98 Å². The van der Waals surface area contributed by atoms with Crippen molar-refractivity contribution < 1.29 is 22.7 Å². The average Bonchev–Trinajstić information content (AvgIpc) is 3.26. The predicted molar refractivity (Wildman–Crippen MR) is 116 cm³/mol. The summed E-state index contributed by atoms with van der Waals surface area (Å²) in [6, 6.07) is 5.04. The molecule has 0 saturated heterocycles. The van der Waals surface area contributed by atoms with E-state index in [1.165, 1.54) is 0 Å². The van der Waals surface area contributed by atoms with Crippen LogP contribution in [0.1, 0.15) is 70.3 Å². The van der Waals surface area contributed by atoms with Gasteiger partial charge in [0.05, 0.1) is 23.7 Å². The van der Waals surface area contributed by atoms with Crippen LogP contribution in [0.15, 0.2) is 18.2 Å². The van der Waals surface area contributed by atoms with Gasteiger partial charge >= 0.3 is 12.1 Å². The number of amides is 1. The van der Waals surface area contributed by atoms with Crippen LogP contribution in [0, 0.1) is 17.3 Å². The van der Waals surface area contributed by atoms with Gasteiger partial charge in [-0.1, -0.05) is 46.1 Å².